The lowest BCUT2D eigenvalue weighted by Crippen LogP contribution is -2.60. The summed E-state index contributed by atoms with van der Waals surface area (Å²) in [5.41, 5.74) is -2.44. The van der Waals surface area contributed by atoms with Gasteiger partial charge in [-0.1, -0.05) is 13.8 Å². The molecule has 2 unspecified atom stereocenters. The molecule has 6 atom stereocenters. The molecule has 3 aliphatic rings. The molecule has 3 saturated heterocycles. The summed E-state index contributed by atoms with van der Waals surface area (Å²) in [6, 6.07) is -1.43. The molecule has 2 amide bonds. The molecular weight excluding hydrogens is 400 g/mol. The fraction of sp³-hybridized carbons (Fsp3) is 0.870. The maximum Gasteiger partial charge on any atom is 0.312 e. The maximum atomic E-state index is 13.8. The lowest BCUT2D eigenvalue weighted by atomic mass is 9.66. The van der Waals surface area contributed by atoms with Crippen LogP contribution in [0.2, 0.25) is 0 Å². The predicted octanol–water partition coefficient (Wildman–Crippen LogP) is 1.64. The normalized spacial score (nSPS) is 35.5. The first-order valence-corrected chi connectivity index (χ1v) is 11.4. The van der Waals surface area contributed by atoms with Crippen LogP contribution in [-0.4, -0.2) is 69.8 Å². The third kappa shape index (κ3) is 3.86. The molecule has 8 nitrogen and oxygen atoms in total. The van der Waals surface area contributed by atoms with Gasteiger partial charge in [-0.15, -0.1) is 0 Å². The predicted molar refractivity (Wildman–Crippen MR) is 114 cm³/mol. The standard InChI is InChI=1S/C23H38N2O6/c1-8-30-20(29)16-15-19(28)25(14(12-26)11-13(2)3)17(18(27)24-21(4,5)6)23(15)10-9-22(16,7)31-23/h13-17,26H,8-12H2,1-7H3,(H,24,27)/t14-,15+,16+,17?,22-,23?/m1/s1. The molecule has 0 radical (unpaired) electrons. The molecule has 3 rings (SSSR count). The minimum atomic E-state index is -1.09. The Bertz CT molecular complexity index is 747. The molecule has 0 aliphatic carbocycles. The van der Waals surface area contributed by atoms with E-state index < -0.39 is 46.6 Å². The highest BCUT2D eigenvalue weighted by molar-refractivity contribution is 5.98. The van der Waals surface area contributed by atoms with Crippen LogP contribution in [-0.2, 0) is 23.9 Å². The van der Waals surface area contributed by atoms with Gasteiger partial charge in [0.05, 0.1) is 30.8 Å². The summed E-state index contributed by atoms with van der Waals surface area (Å²) in [5, 5.41) is 13.2. The van der Waals surface area contributed by atoms with Crippen LogP contribution in [0.25, 0.3) is 0 Å². The molecule has 3 fully saturated rings. The van der Waals surface area contributed by atoms with Crippen LogP contribution in [0.1, 0.15) is 67.7 Å². The molecule has 8 heteroatoms. The van der Waals surface area contributed by atoms with Gasteiger partial charge >= 0.3 is 5.97 Å². The van der Waals surface area contributed by atoms with Crippen molar-refractivity contribution in [1.82, 2.24) is 10.2 Å². The lowest BCUT2D eigenvalue weighted by Gasteiger charge is -2.39. The number of aliphatic hydroxyl groups excluding tert-OH is 1. The summed E-state index contributed by atoms with van der Waals surface area (Å²) in [6.07, 6.45) is 1.63. The van der Waals surface area contributed by atoms with Crippen LogP contribution in [0, 0.1) is 17.8 Å². The first-order chi connectivity index (χ1) is 14.3. The van der Waals surface area contributed by atoms with Crippen LogP contribution >= 0.6 is 0 Å². The van der Waals surface area contributed by atoms with Gasteiger partial charge in [0, 0.05) is 5.54 Å². The van der Waals surface area contributed by atoms with Gasteiger partial charge in [-0.3, -0.25) is 14.4 Å². The van der Waals surface area contributed by atoms with E-state index in [0.717, 1.165) is 0 Å². The van der Waals surface area contributed by atoms with Crippen molar-refractivity contribution in [3.05, 3.63) is 0 Å². The molecule has 31 heavy (non-hydrogen) atoms. The van der Waals surface area contributed by atoms with Crippen molar-refractivity contribution in [2.45, 2.75) is 96.6 Å². The fourth-order valence-corrected chi connectivity index (χ4v) is 5.90. The smallest absolute Gasteiger partial charge is 0.312 e. The van der Waals surface area contributed by atoms with Crippen LogP contribution in [0.15, 0.2) is 0 Å². The van der Waals surface area contributed by atoms with E-state index in [9.17, 15) is 19.5 Å². The van der Waals surface area contributed by atoms with Crippen LogP contribution < -0.4 is 5.32 Å². The second-order valence-electron chi connectivity index (χ2n) is 10.9. The van der Waals surface area contributed by atoms with E-state index in [4.69, 9.17) is 9.47 Å². The van der Waals surface area contributed by atoms with Gasteiger partial charge < -0.3 is 24.8 Å². The quantitative estimate of drug-likeness (QED) is 0.586. The Kier molecular flexibility index (Phi) is 6.21. The van der Waals surface area contributed by atoms with E-state index in [-0.39, 0.29) is 30.9 Å². The summed E-state index contributed by atoms with van der Waals surface area (Å²) in [6.45, 7) is 13.2. The first kappa shape index (κ1) is 24.0. The van der Waals surface area contributed by atoms with Crippen molar-refractivity contribution in [3.63, 3.8) is 0 Å². The van der Waals surface area contributed by atoms with Gasteiger partial charge in [0.15, 0.2) is 0 Å². The van der Waals surface area contributed by atoms with Crippen LogP contribution in [0.4, 0.5) is 0 Å². The highest BCUT2D eigenvalue weighted by atomic mass is 16.6. The summed E-state index contributed by atoms with van der Waals surface area (Å²) in [7, 11) is 0. The van der Waals surface area contributed by atoms with Gasteiger partial charge in [0.2, 0.25) is 11.8 Å². The topological polar surface area (TPSA) is 105 Å². The van der Waals surface area contributed by atoms with E-state index in [2.05, 4.69) is 5.32 Å². The van der Waals surface area contributed by atoms with E-state index in [0.29, 0.717) is 19.3 Å². The second kappa shape index (κ2) is 8.03. The number of carbonyl (C=O) groups excluding carboxylic acids is 3. The highest BCUT2D eigenvalue weighted by Crippen LogP contribution is 2.63. The molecule has 2 N–H and O–H groups in total. The van der Waals surface area contributed by atoms with Crippen molar-refractivity contribution in [1.29, 1.82) is 0 Å². The number of ether oxygens (including phenoxy) is 2. The third-order valence-corrected chi connectivity index (χ3v) is 6.85. The SMILES string of the molecule is CCOC(=O)[C@@H]1[C@H]2C(=O)N([C@@H](CO)CC(C)C)C(C(=O)NC(C)(C)C)C23CC[C@@]1(C)O3. The summed E-state index contributed by atoms with van der Waals surface area (Å²) in [4.78, 5) is 41.9. The van der Waals surface area contributed by atoms with Crippen molar-refractivity contribution in [3.8, 4) is 0 Å². The van der Waals surface area contributed by atoms with Crippen molar-refractivity contribution >= 4 is 17.8 Å². The molecule has 0 saturated carbocycles. The number of hydrogen-bond donors (Lipinski definition) is 2. The Labute approximate surface area is 185 Å². The van der Waals surface area contributed by atoms with Crippen molar-refractivity contribution in [2.75, 3.05) is 13.2 Å². The number of nitrogens with one attached hydrogen (secondary N) is 1. The van der Waals surface area contributed by atoms with E-state index >= 15 is 0 Å². The molecule has 3 heterocycles. The Morgan fingerprint density at radius 1 is 1.32 bits per heavy atom. The summed E-state index contributed by atoms with van der Waals surface area (Å²) in [5.74, 6) is -2.39. The van der Waals surface area contributed by atoms with Crippen molar-refractivity contribution in [2.24, 2.45) is 17.8 Å². The van der Waals surface area contributed by atoms with E-state index in [1.807, 2.05) is 41.5 Å². The first-order valence-electron chi connectivity index (χ1n) is 11.4. The fourth-order valence-electron chi connectivity index (χ4n) is 5.90. The minimum Gasteiger partial charge on any atom is -0.466 e. The molecule has 176 valence electrons. The van der Waals surface area contributed by atoms with Crippen molar-refractivity contribution < 1.29 is 29.0 Å². The molecule has 0 aromatic heterocycles. The minimum absolute atomic E-state index is 0.212. The zero-order valence-corrected chi connectivity index (χ0v) is 19.9. The zero-order valence-electron chi connectivity index (χ0n) is 19.9. The molecule has 0 aromatic rings. The number of hydrogen-bond acceptors (Lipinski definition) is 6. The third-order valence-electron chi connectivity index (χ3n) is 6.85. The number of aliphatic hydroxyl groups is 1. The number of rotatable bonds is 7. The monoisotopic (exact) mass is 438 g/mol. The average Bonchev–Trinajstić information content (AvgIpc) is 3.19. The van der Waals surface area contributed by atoms with Crippen LogP contribution in [0.3, 0.4) is 0 Å². The summed E-state index contributed by atoms with van der Waals surface area (Å²) >= 11 is 0. The van der Waals surface area contributed by atoms with E-state index in [1.54, 1.807) is 6.92 Å². The number of fused-ring (bicyclic) bond motifs is 1. The number of esters is 1. The highest BCUT2D eigenvalue weighted by Gasteiger charge is 2.78. The summed E-state index contributed by atoms with van der Waals surface area (Å²) < 4.78 is 11.8. The number of amides is 2. The van der Waals surface area contributed by atoms with Gasteiger partial charge in [0.25, 0.3) is 0 Å². The number of carbonyl (C=O) groups is 3. The number of likely N-dealkylation sites (tertiary alicyclic amines) is 1. The Morgan fingerprint density at radius 2 is 1.97 bits per heavy atom. The maximum absolute atomic E-state index is 13.8. The second-order valence-corrected chi connectivity index (χ2v) is 10.9. The molecule has 0 aromatic carbocycles. The lowest BCUT2D eigenvalue weighted by molar-refractivity contribution is -0.160. The zero-order chi connectivity index (χ0) is 23.4. The van der Waals surface area contributed by atoms with Crippen LogP contribution in [0.5, 0.6) is 0 Å². The molecule has 1 spiro atoms. The van der Waals surface area contributed by atoms with E-state index in [1.165, 1.54) is 4.90 Å². The largest absolute Gasteiger partial charge is 0.466 e. The average molecular weight is 439 g/mol. The van der Waals surface area contributed by atoms with Gasteiger partial charge in [0.1, 0.15) is 17.6 Å². The van der Waals surface area contributed by atoms with Gasteiger partial charge in [-0.2, -0.15) is 0 Å². The molecule has 2 bridgehead atoms. The Morgan fingerprint density at radius 3 is 2.48 bits per heavy atom. The molecular formula is C23H38N2O6. The Balaban J connectivity index is 2.10. The van der Waals surface area contributed by atoms with Gasteiger partial charge in [-0.25, -0.2) is 0 Å². The number of nitrogens with zero attached hydrogens (tertiary/aromatic N) is 1. The molecule has 3 aliphatic heterocycles. The Hall–Kier alpha value is -1.67. The van der Waals surface area contributed by atoms with Gasteiger partial charge in [-0.05, 0) is 59.8 Å².